The number of rotatable bonds is 5. The summed E-state index contributed by atoms with van der Waals surface area (Å²) >= 11 is 0. The van der Waals surface area contributed by atoms with E-state index in [2.05, 4.69) is 4.98 Å². The zero-order chi connectivity index (χ0) is 17.8. The van der Waals surface area contributed by atoms with Crippen LogP contribution in [0.5, 0.6) is 0 Å². The first-order valence-electron chi connectivity index (χ1n) is 8.17. The van der Waals surface area contributed by atoms with Gasteiger partial charge in [-0.2, -0.15) is 0 Å². The maximum Gasteiger partial charge on any atom is 0.259 e. The van der Waals surface area contributed by atoms with E-state index in [0.29, 0.717) is 17.3 Å². The van der Waals surface area contributed by atoms with E-state index in [0.717, 1.165) is 5.56 Å². The third-order valence-electron chi connectivity index (χ3n) is 4.39. The minimum Gasteiger partial charge on any atom is -0.396 e. The second kappa shape index (κ2) is 7.32. The molecular formula is C20H20N2O3. The number of aromatic nitrogens is 1. The number of nitrogens with zero attached hydrogens (tertiary/aromatic N) is 1. The minimum atomic E-state index is -0.366. The van der Waals surface area contributed by atoms with Crippen molar-refractivity contribution in [2.75, 3.05) is 13.7 Å². The zero-order valence-corrected chi connectivity index (χ0v) is 14.0. The number of aromatic amines is 1. The molecule has 0 spiro atoms. The van der Waals surface area contributed by atoms with Crippen molar-refractivity contribution in [3.8, 4) is 0 Å². The Labute approximate surface area is 145 Å². The highest BCUT2D eigenvalue weighted by molar-refractivity contribution is 5.97. The molecule has 0 aliphatic carbocycles. The van der Waals surface area contributed by atoms with E-state index in [9.17, 15) is 14.7 Å². The number of hydrogen-bond donors (Lipinski definition) is 2. The van der Waals surface area contributed by atoms with Crippen LogP contribution >= 0.6 is 0 Å². The van der Waals surface area contributed by atoms with Gasteiger partial charge in [0.25, 0.3) is 5.91 Å². The number of fused-ring (bicyclic) bond motifs is 1. The van der Waals surface area contributed by atoms with Crippen molar-refractivity contribution in [2.24, 2.45) is 0 Å². The van der Waals surface area contributed by atoms with Gasteiger partial charge in [-0.3, -0.25) is 9.59 Å². The van der Waals surface area contributed by atoms with Gasteiger partial charge in [0.05, 0.1) is 6.04 Å². The smallest absolute Gasteiger partial charge is 0.259 e. The Bertz CT molecular complexity index is 934. The van der Waals surface area contributed by atoms with Crippen LogP contribution in [0.3, 0.4) is 0 Å². The van der Waals surface area contributed by atoms with Gasteiger partial charge in [-0.15, -0.1) is 0 Å². The number of nitrogens with one attached hydrogen (secondary N) is 1. The predicted octanol–water partition coefficient (Wildman–Crippen LogP) is 2.72. The van der Waals surface area contributed by atoms with Crippen LogP contribution in [0.1, 0.15) is 28.4 Å². The summed E-state index contributed by atoms with van der Waals surface area (Å²) in [6.07, 6.45) is 1.86. The molecule has 2 N–H and O–H groups in total. The van der Waals surface area contributed by atoms with Gasteiger partial charge in [-0.25, -0.2) is 0 Å². The Kier molecular flexibility index (Phi) is 4.95. The fraction of sp³-hybridized carbons (Fsp3) is 0.200. The van der Waals surface area contributed by atoms with Gasteiger partial charge in [0.15, 0.2) is 0 Å². The van der Waals surface area contributed by atoms with Crippen molar-refractivity contribution in [1.82, 2.24) is 9.88 Å². The van der Waals surface area contributed by atoms with Crippen molar-refractivity contribution < 1.29 is 9.90 Å². The first-order valence-corrected chi connectivity index (χ1v) is 8.17. The predicted molar refractivity (Wildman–Crippen MR) is 97.5 cm³/mol. The van der Waals surface area contributed by atoms with Gasteiger partial charge in [0, 0.05) is 30.8 Å². The average Bonchev–Trinajstić information content (AvgIpc) is 2.66. The van der Waals surface area contributed by atoms with E-state index >= 15 is 0 Å². The van der Waals surface area contributed by atoms with E-state index in [4.69, 9.17) is 0 Å². The molecule has 0 radical (unpaired) electrons. The first kappa shape index (κ1) is 16.9. The van der Waals surface area contributed by atoms with Crippen LogP contribution in [0.15, 0.2) is 65.6 Å². The number of carbonyl (C=O) groups is 1. The maximum absolute atomic E-state index is 12.9. The monoisotopic (exact) mass is 336 g/mol. The molecule has 128 valence electrons. The van der Waals surface area contributed by atoms with Crippen LogP contribution in [-0.2, 0) is 0 Å². The van der Waals surface area contributed by atoms with E-state index in [1.807, 2.05) is 36.4 Å². The number of amides is 1. The number of aliphatic hydroxyl groups excluding tert-OH is 1. The second-order valence-corrected chi connectivity index (χ2v) is 5.93. The lowest BCUT2D eigenvalue weighted by molar-refractivity contribution is 0.0703. The number of benzene rings is 2. The van der Waals surface area contributed by atoms with Crippen molar-refractivity contribution in [3.05, 3.63) is 82.1 Å². The molecule has 0 bridgehead atoms. The molecule has 0 saturated carbocycles. The molecule has 1 aromatic heterocycles. The van der Waals surface area contributed by atoms with Crippen molar-refractivity contribution >= 4 is 16.8 Å². The third-order valence-corrected chi connectivity index (χ3v) is 4.39. The van der Waals surface area contributed by atoms with Crippen molar-refractivity contribution in [3.63, 3.8) is 0 Å². The topological polar surface area (TPSA) is 73.4 Å². The van der Waals surface area contributed by atoms with Gasteiger partial charge < -0.3 is 15.0 Å². The summed E-state index contributed by atoms with van der Waals surface area (Å²) in [5, 5.41) is 9.88. The Hall–Kier alpha value is -2.92. The van der Waals surface area contributed by atoms with Crippen LogP contribution in [0.4, 0.5) is 0 Å². The highest BCUT2D eigenvalue weighted by Gasteiger charge is 2.24. The van der Waals surface area contributed by atoms with Gasteiger partial charge in [0.2, 0.25) is 5.43 Å². The molecular weight excluding hydrogens is 316 g/mol. The largest absolute Gasteiger partial charge is 0.396 e. The van der Waals surface area contributed by atoms with Crippen molar-refractivity contribution in [1.29, 1.82) is 0 Å². The average molecular weight is 336 g/mol. The highest BCUT2D eigenvalue weighted by Crippen LogP contribution is 2.24. The minimum absolute atomic E-state index is 0.0503. The fourth-order valence-corrected chi connectivity index (χ4v) is 3.04. The van der Waals surface area contributed by atoms with Gasteiger partial charge >= 0.3 is 0 Å². The summed E-state index contributed by atoms with van der Waals surface area (Å²) in [6, 6.07) is 16.3. The van der Waals surface area contributed by atoms with Crippen molar-refractivity contribution in [2.45, 2.75) is 12.5 Å². The molecule has 0 aliphatic rings. The molecule has 1 heterocycles. The highest BCUT2D eigenvalue weighted by atomic mass is 16.3. The lowest BCUT2D eigenvalue weighted by atomic mass is 10.0. The normalized spacial score (nSPS) is 12.1. The van der Waals surface area contributed by atoms with E-state index in [-0.39, 0.29) is 29.5 Å². The molecule has 0 aliphatic heterocycles. The maximum atomic E-state index is 12.9. The van der Waals surface area contributed by atoms with Gasteiger partial charge in [-0.05, 0) is 24.1 Å². The Morgan fingerprint density at radius 2 is 1.80 bits per heavy atom. The van der Waals surface area contributed by atoms with Crippen LogP contribution in [0, 0.1) is 0 Å². The molecule has 5 nitrogen and oxygen atoms in total. The molecule has 0 fully saturated rings. The summed E-state index contributed by atoms with van der Waals surface area (Å²) in [5.74, 6) is -0.366. The molecule has 3 rings (SSSR count). The zero-order valence-electron chi connectivity index (χ0n) is 14.0. The fourth-order valence-electron chi connectivity index (χ4n) is 3.04. The Morgan fingerprint density at radius 3 is 2.52 bits per heavy atom. The Morgan fingerprint density at radius 1 is 1.12 bits per heavy atom. The van der Waals surface area contributed by atoms with Crippen LogP contribution in [0.2, 0.25) is 0 Å². The third kappa shape index (κ3) is 3.32. The number of para-hydroxylation sites is 1. The lowest BCUT2D eigenvalue weighted by Crippen LogP contribution is -2.35. The molecule has 3 aromatic rings. The number of carbonyl (C=O) groups excluding carboxylic acids is 1. The molecule has 1 atom stereocenters. The second-order valence-electron chi connectivity index (χ2n) is 5.93. The molecule has 0 saturated heterocycles. The molecule has 1 unspecified atom stereocenters. The number of aliphatic hydroxyl groups is 1. The summed E-state index contributed by atoms with van der Waals surface area (Å²) in [6.45, 7) is -0.0503. The van der Waals surface area contributed by atoms with Gasteiger partial charge in [0.1, 0.15) is 5.56 Å². The summed E-state index contributed by atoms with van der Waals surface area (Å²) in [4.78, 5) is 30.1. The first-order chi connectivity index (χ1) is 12.1. The van der Waals surface area contributed by atoms with Crippen LogP contribution in [0.25, 0.3) is 10.9 Å². The van der Waals surface area contributed by atoms with E-state index in [1.54, 1.807) is 25.2 Å². The lowest BCUT2D eigenvalue weighted by Gasteiger charge is -2.28. The molecule has 2 aromatic carbocycles. The molecule has 1 amide bonds. The summed E-state index contributed by atoms with van der Waals surface area (Å²) in [5.41, 5.74) is 1.42. The SMILES string of the molecule is CN(C(=O)c1c[nH]c2ccccc2c1=O)C(CCO)c1ccccc1. The molecule has 5 heteroatoms. The Balaban J connectivity index is 1.99. The standard InChI is InChI=1S/C20H20N2O3/c1-22(18(11-12-23)14-7-3-2-4-8-14)20(25)16-13-21-17-10-6-5-9-15(17)19(16)24/h2-10,13,18,23H,11-12H2,1H3,(H,21,24). The summed E-state index contributed by atoms with van der Waals surface area (Å²) in [7, 11) is 1.66. The van der Waals surface area contributed by atoms with Crippen LogP contribution < -0.4 is 5.43 Å². The summed E-state index contributed by atoms with van der Waals surface area (Å²) < 4.78 is 0. The quantitative estimate of drug-likeness (QED) is 0.752. The number of hydrogen-bond acceptors (Lipinski definition) is 3. The van der Waals surface area contributed by atoms with E-state index < -0.39 is 0 Å². The van der Waals surface area contributed by atoms with E-state index in [1.165, 1.54) is 11.1 Å². The van der Waals surface area contributed by atoms with Gasteiger partial charge in [-0.1, -0.05) is 42.5 Å². The number of pyridine rings is 1. The van der Waals surface area contributed by atoms with Crippen LogP contribution in [-0.4, -0.2) is 34.6 Å². The number of H-pyrrole nitrogens is 1. The molecule has 25 heavy (non-hydrogen) atoms.